The van der Waals surface area contributed by atoms with E-state index >= 15 is 0 Å². The van der Waals surface area contributed by atoms with Crippen LogP contribution in [-0.4, -0.2) is 27.3 Å². The zero-order valence-electron chi connectivity index (χ0n) is 9.76. The van der Waals surface area contributed by atoms with E-state index in [-0.39, 0.29) is 12.5 Å². The monoisotopic (exact) mass is 228 g/mol. The van der Waals surface area contributed by atoms with Crippen LogP contribution in [-0.2, 0) is 6.54 Å². The molecule has 0 radical (unpaired) electrons. The SMILES string of the molecule is CN(C)c1ccc(CNCCCF)cc1F. The number of anilines is 1. The third-order valence-electron chi connectivity index (χ3n) is 2.31. The van der Waals surface area contributed by atoms with E-state index in [0.29, 0.717) is 25.2 Å². The highest BCUT2D eigenvalue weighted by Gasteiger charge is 2.04. The van der Waals surface area contributed by atoms with Crippen molar-refractivity contribution >= 4 is 5.69 Å². The van der Waals surface area contributed by atoms with Gasteiger partial charge >= 0.3 is 0 Å². The molecule has 0 unspecified atom stereocenters. The second-order valence-electron chi connectivity index (χ2n) is 3.90. The van der Waals surface area contributed by atoms with Crippen LogP contribution in [0.3, 0.4) is 0 Å². The summed E-state index contributed by atoms with van der Waals surface area (Å²) in [5.74, 6) is -0.227. The highest BCUT2D eigenvalue weighted by molar-refractivity contribution is 5.47. The molecular weight excluding hydrogens is 210 g/mol. The molecule has 0 amide bonds. The van der Waals surface area contributed by atoms with Crippen LogP contribution in [0.2, 0.25) is 0 Å². The smallest absolute Gasteiger partial charge is 0.146 e. The van der Waals surface area contributed by atoms with Crippen LogP contribution in [0.1, 0.15) is 12.0 Å². The van der Waals surface area contributed by atoms with Crippen LogP contribution in [0.25, 0.3) is 0 Å². The van der Waals surface area contributed by atoms with Crippen molar-refractivity contribution in [2.24, 2.45) is 0 Å². The molecule has 90 valence electrons. The maximum atomic E-state index is 13.5. The van der Waals surface area contributed by atoms with Gasteiger partial charge in [0.25, 0.3) is 0 Å². The van der Waals surface area contributed by atoms with E-state index in [1.165, 1.54) is 6.07 Å². The fourth-order valence-corrected chi connectivity index (χ4v) is 1.45. The van der Waals surface area contributed by atoms with Gasteiger partial charge < -0.3 is 10.2 Å². The van der Waals surface area contributed by atoms with Gasteiger partial charge in [-0.05, 0) is 30.7 Å². The molecule has 0 saturated heterocycles. The molecule has 1 rings (SSSR count). The van der Waals surface area contributed by atoms with Crippen LogP contribution in [0.15, 0.2) is 18.2 Å². The van der Waals surface area contributed by atoms with Crippen molar-refractivity contribution in [3.63, 3.8) is 0 Å². The molecule has 4 heteroatoms. The molecule has 0 aliphatic rings. The number of rotatable bonds is 6. The highest BCUT2D eigenvalue weighted by Crippen LogP contribution is 2.17. The quantitative estimate of drug-likeness (QED) is 0.752. The summed E-state index contributed by atoms with van der Waals surface area (Å²) < 4.78 is 25.4. The summed E-state index contributed by atoms with van der Waals surface area (Å²) in [4.78, 5) is 1.73. The fraction of sp³-hybridized carbons (Fsp3) is 0.500. The normalized spacial score (nSPS) is 10.5. The number of benzene rings is 1. The Hall–Kier alpha value is -1.16. The Morgan fingerprint density at radius 2 is 2.06 bits per heavy atom. The summed E-state index contributed by atoms with van der Waals surface area (Å²) in [5, 5.41) is 3.06. The van der Waals surface area contributed by atoms with Crippen molar-refractivity contribution in [1.82, 2.24) is 5.32 Å². The van der Waals surface area contributed by atoms with Crippen molar-refractivity contribution in [1.29, 1.82) is 0 Å². The number of nitrogens with zero attached hydrogens (tertiary/aromatic N) is 1. The molecule has 0 heterocycles. The molecule has 0 atom stereocenters. The Kier molecular flexibility index (Phi) is 5.19. The minimum absolute atomic E-state index is 0.227. The summed E-state index contributed by atoms with van der Waals surface area (Å²) in [6.45, 7) is 0.874. The van der Waals surface area contributed by atoms with Gasteiger partial charge in [0.2, 0.25) is 0 Å². The van der Waals surface area contributed by atoms with Crippen molar-refractivity contribution in [3.8, 4) is 0 Å². The Morgan fingerprint density at radius 3 is 2.62 bits per heavy atom. The lowest BCUT2D eigenvalue weighted by molar-refractivity contribution is 0.459. The zero-order valence-corrected chi connectivity index (χ0v) is 9.76. The van der Waals surface area contributed by atoms with E-state index < -0.39 is 0 Å². The first-order valence-corrected chi connectivity index (χ1v) is 5.37. The molecule has 0 aliphatic carbocycles. The Balaban J connectivity index is 2.53. The third-order valence-corrected chi connectivity index (χ3v) is 2.31. The van der Waals surface area contributed by atoms with E-state index in [2.05, 4.69) is 5.32 Å². The minimum Gasteiger partial charge on any atom is -0.375 e. The summed E-state index contributed by atoms with van der Waals surface area (Å²) >= 11 is 0. The van der Waals surface area contributed by atoms with Crippen molar-refractivity contribution in [2.45, 2.75) is 13.0 Å². The lowest BCUT2D eigenvalue weighted by Gasteiger charge is -2.14. The maximum absolute atomic E-state index is 13.5. The first kappa shape index (κ1) is 12.9. The topological polar surface area (TPSA) is 15.3 Å². The van der Waals surface area contributed by atoms with Gasteiger partial charge in [0.1, 0.15) is 5.82 Å². The van der Waals surface area contributed by atoms with E-state index in [9.17, 15) is 8.78 Å². The minimum atomic E-state index is -0.319. The Morgan fingerprint density at radius 1 is 1.31 bits per heavy atom. The van der Waals surface area contributed by atoms with Gasteiger partial charge in [0, 0.05) is 20.6 Å². The van der Waals surface area contributed by atoms with Gasteiger partial charge in [0.05, 0.1) is 12.4 Å². The summed E-state index contributed by atoms with van der Waals surface area (Å²) in [6.07, 6.45) is 0.498. The second kappa shape index (κ2) is 6.43. The van der Waals surface area contributed by atoms with Crippen LogP contribution in [0.4, 0.5) is 14.5 Å². The van der Waals surface area contributed by atoms with Crippen molar-refractivity contribution in [3.05, 3.63) is 29.6 Å². The van der Waals surface area contributed by atoms with Gasteiger partial charge in [-0.2, -0.15) is 0 Å². The first-order chi connectivity index (χ1) is 7.65. The largest absolute Gasteiger partial charge is 0.375 e. The molecule has 2 nitrogen and oxygen atoms in total. The van der Waals surface area contributed by atoms with Crippen LogP contribution < -0.4 is 10.2 Å². The molecule has 0 spiro atoms. The average molecular weight is 228 g/mol. The standard InChI is InChI=1S/C12H18F2N2/c1-16(2)12-5-4-10(8-11(12)14)9-15-7-3-6-13/h4-5,8,15H,3,6-7,9H2,1-2H3. The van der Waals surface area contributed by atoms with Gasteiger partial charge in [-0.25, -0.2) is 4.39 Å². The Labute approximate surface area is 95.3 Å². The number of alkyl halides is 1. The van der Waals surface area contributed by atoms with Crippen LogP contribution in [0.5, 0.6) is 0 Å². The van der Waals surface area contributed by atoms with Crippen molar-refractivity contribution in [2.75, 3.05) is 32.2 Å². The number of halogens is 2. The summed E-state index contributed by atoms with van der Waals surface area (Å²) in [5.41, 5.74) is 1.45. The molecule has 16 heavy (non-hydrogen) atoms. The molecule has 0 aliphatic heterocycles. The molecule has 0 saturated carbocycles. The van der Waals surface area contributed by atoms with Gasteiger partial charge in [-0.15, -0.1) is 0 Å². The summed E-state index contributed by atoms with van der Waals surface area (Å²) in [6, 6.07) is 5.14. The molecular formula is C12H18F2N2. The molecule has 0 aromatic heterocycles. The maximum Gasteiger partial charge on any atom is 0.146 e. The van der Waals surface area contributed by atoms with Gasteiger partial charge in [0.15, 0.2) is 0 Å². The van der Waals surface area contributed by atoms with Crippen LogP contribution in [0, 0.1) is 5.82 Å². The predicted octanol–water partition coefficient (Wildman–Crippen LogP) is 2.34. The lowest BCUT2D eigenvalue weighted by Crippen LogP contribution is -2.16. The fourth-order valence-electron chi connectivity index (χ4n) is 1.45. The van der Waals surface area contributed by atoms with E-state index in [0.717, 1.165) is 5.56 Å². The predicted molar refractivity (Wildman–Crippen MR) is 63.0 cm³/mol. The highest BCUT2D eigenvalue weighted by atomic mass is 19.1. The molecule has 0 fully saturated rings. The number of hydrogen-bond donors (Lipinski definition) is 1. The molecule has 1 aromatic carbocycles. The molecule has 0 bridgehead atoms. The zero-order chi connectivity index (χ0) is 12.0. The third kappa shape index (κ3) is 3.77. The first-order valence-electron chi connectivity index (χ1n) is 5.37. The second-order valence-corrected chi connectivity index (χ2v) is 3.90. The Bertz CT molecular complexity index is 327. The van der Waals surface area contributed by atoms with Gasteiger partial charge in [-0.3, -0.25) is 4.39 Å². The van der Waals surface area contributed by atoms with E-state index in [1.807, 2.05) is 6.07 Å². The van der Waals surface area contributed by atoms with E-state index in [4.69, 9.17) is 0 Å². The van der Waals surface area contributed by atoms with Gasteiger partial charge in [-0.1, -0.05) is 6.07 Å². The molecule has 1 N–H and O–H groups in total. The number of nitrogens with one attached hydrogen (secondary N) is 1. The molecule has 1 aromatic rings. The van der Waals surface area contributed by atoms with Crippen LogP contribution >= 0.6 is 0 Å². The van der Waals surface area contributed by atoms with E-state index in [1.54, 1.807) is 25.1 Å². The summed E-state index contributed by atoms with van der Waals surface area (Å²) in [7, 11) is 3.61. The number of hydrogen-bond acceptors (Lipinski definition) is 2. The lowest BCUT2D eigenvalue weighted by atomic mass is 10.2. The average Bonchev–Trinajstić information content (AvgIpc) is 2.24. The van der Waals surface area contributed by atoms with Crippen molar-refractivity contribution < 1.29 is 8.78 Å².